The summed E-state index contributed by atoms with van der Waals surface area (Å²) in [4.78, 5) is 7.10. The maximum atomic E-state index is 3.78. The standard InChI is InChI=1S/C22H34BrN.C12H9N/c1-3-5-7-9-11-14-18-20(16-12-10-8-6-4-2)24-21-17-13-15-19(23)22(18)21;1-3-7-11-9(5-1)10-6-2-4-8-12(10)13-11/h13,15,17,24H,3-12,14,16H2,1-2H3;1-8,13H. The zero-order chi connectivity index (χ0) is 25.9. The number of fused-ring (bicyclic) bond motifs is 4. The Balaban J connectivity index is 0.000000204. The number of rotatable bonds is 12. The molecule has 0 aliphatic rings. The molecule has 0 radical (unpaired) electrons. The van der Waals surface area contributed by atoms with Crippen molar-refractivity contribution in [2.45, 2.75) is 90.9 Å². The third-order valence-electron chi connectivity index (χ3n) is 7.44. The van der Waals surface area contributed by atoms with Crippen LogP contribution in [-0.2, 0) is 12.8 Å². The lowest BCUT2D eigenvalue weighted by molar-refractivity contribution is 0.619. The van der Waals surface area contributed by atoms with Crippen LogP contribution < -0.4 is 0 Å². The van der Waals surface area contributed by atoms with Crippen LogP contribution in [0.4, 0.5) is 0 Å². The Morgan fingerprint density at radius 1 is 0.541 bits per heavy atom. The molecule has 0 bridgehead atoms. The Kier molecular flexibility index (Phi) is 10.7. The molecule has 2 heterocycles. The van der Waals surface area contributed by atoms with E-state index < -0.39 is 0 Å². The second-order valence-electron chi connectivity index (χ2n) is 10.3. The van der Waals surface area contributed by atoms with Gasteiger partial charge in [0, 0.05) is 42.9 Å². The summed E-state index contributed by atoms with van der Waals surface area (Å²) in [5, 5.41) is 4.03. The van der Waals surface area contributed by atoms with Crippen molar-refractivity contribution in [2.24, 2.45) is 0 Å². The van der Waals surface area contributed by atoms with Crippen LogP contribution in [0.5, 0.6) is 0 Å². The number of H-pyrrole nitrogens is 2. The molecule has 37 heavy (non-hydrogen) atoms. The molecule has 0 aliphatic carbocycles. The van der Waals surface area contributed by atoms with Crippen molar-refractivity contribution in [2.75, 3.05) is 0 Å². The quantitative estimate of drug-likeness (QED) is 0.143. The van der Waals surface area contributed by atoms with Crippen molar-refractivity contribution >= 4 is 48.6 Å². The minimum Gasteiger partial charge on any atom is -0.358 e. The molecule has 0 amide bonds. The molecule has 0 spiro atoms. The predicted octanol–water partition coefficient (Wildman–Crippen LogP) is 11.3. The lowest BCUT2D eigenvalue weighted by atomic mass is 10.00. The van der Waals surface area contributed by atoms with E-state index in [2.05, 4.69) is 106 Å². The van der Waals surface area contributed by atoms with Crippen LogP contribution in [-0.4, -0.2) is 9.97 Å². The molecule has 0 aliphatic heterocycles. The Bertz CT molecular complexity index is 1330. The van der Waals surface area contributed by atoms with Gasteiger partial charge in [0.1, 0.15) is 0 Å². The highest BCUT2D eigenvalue weighted by atomic mass is 79.9. The number of aryl methyl sites for hydroxylation is 2. The summed E-state index contributed by atoms with van der Waals surface area (Å²) in [6.45, 7) is 4.57. The van der Waals surface area contributed by atoms with Gasteiger partial charge in [-0.05, 0) is 55.5 Å². The molecule has 2 aromatic heterocycles. The minimum absolute atomic E-state index is 1.20. The van der Waals surface area contributed by atoms with E-state index in [1.54, 1.807) is 5.56 Å². The van der Waals surface area contributed by atoms with Gasteiger partial charge in [0.15, 0.2) is 0 Å². The van der Waals surface area contributed by atoms with Gasteiger partial charge in [-0.3, -0.25) is 0 Å². The highest BCUT2D eigenvalue weighted by Gasteiger charge is 2.13. The average Bonchev–Trinajstić information content (AvgIpc) is 3.48. The number of aromatic amines is 2. The Hall–Kier alpha value is -2.52. The molecule has 2 nitrogen and oxygen atoms in total. The molecule has 0 atom stereocenters. The Morgan fingerprint density at radius 2 is 1.08 bits per heavy atom. The van der Waals surface area contributed by atoms with Gasteiger partial charge < -0.3 is 9.97 Å². The van der Waals surface area contributed by atoms with Crippen LogP contribution in [0.25, 0.3) is 32.7 Å². The maximum Gasteiger partial charge on any atom is 0.0470 e. The smallest absolute Gasteiger partial charge is 0.0470 e. The second kappa shape index (κ2) is 14.4. The summed E-state index contributed by atoms with van der Waals surface area (Å²) in [7, 11) is 0. The zero-order valence-corrected chi connectivity index (χ0v) is 24.3. The van der Waals surface area contributed by atoms with Crippen molar-refractivity contribution in [3.8, 4) is 0 Å². The molecule has 5 rings (SSSR count). The molecule has 0 fully saturated rings. The van der Waals surface area contributed by atoms with E-state index in [1.807, 2.05) is 0 Å². The van der Waals surface area contributed by atoms with Crippen LogP contribution in [0.2, 0.25) is 0 Å². The lowest BCUT2D eigenvalue weighted by Gasteiger charge is -2.06. The van der Waals surface area contributed by atoms with E-state index in [0.717, 1.165) is 0 Å². The van der Waals surface area contributed by atoms with Gasteiger partial charge in [0.2, 0.25) is 0 Å². The van der Waals surface area contributed by atoms with Crippen LogP contribution in [0.1, 0.15) is 89.3 Å². The first-order valence-electron chi connectivity index (χ1n) is 14.5. The highest BCUT2D eigenvalue weighted by Crippen LogP contribution is 2.32. The van der Waals surface area contributed by atoms with E-state index in [0.29, 0.717) is 0 Å². The molecule has 5 aromatic rings. The minimum atomic E-state index is 1.20. The first kappa shape index (κ1) is 27.5. The van der Waals surface area contributed by atoms with E-state index in [1.165, 1.54) is 120 Å². The SMILES string of the molecule is CCCCCCCc1[nH]c2cccc(Br)c2c1CCCCCCC.c1ccc2c(c1)[nH]c1ccccc12. The monoisotopic (exact) mass is 558 g/mol. The van der Waals surface area contributed by atoms with Gasteiger partial charge >= 0.3 is 0 Å². The largest absolute Gasteiger partial charge is 0.358 e. The van der Waals surface area contributed by atoms with Gasteiger partial charge in [0.05, 0.1) is 0 Å². The number of nitrogens with one attached hydrogen (secondary N) is 2. The number of unbranched alkanes of at least 4 members (excludes halogenated alkanes) is 8. The number of halogens is 1. The number of hydrogen-bond donors (Lipinski definition) is 2. The van der Waals surface area contributed by atoms with Crippen LogP contribution in [0, 0.1) is 0 Å². The van der Waals surface area contributed by atoms with Crippen molar-refractivity contribution in [3.05, 3.63) is 82.5 Å². The molecule has 0 saturated carbocycles. The topological polar surface area (TPSA) is 31.6 Å². The van der Waals surface area contributed by atoms with Crippen molar-refractivity contribution in [3.63, 3.8) is 0 Å². The molecule has 0 saturated heterocycles. The molecular weight excluding hydrogens is 516 g/mol. The molecule has 2 N–H and O–H groups in total. The van der Waals surface area contributed by atoms with Gasteiger partial charge in [-0.15, -0.1) is 0 Å². The summed E-state index contributed by atoms with van der Waals surface area (Å²) in [6.07, 6.45) is 15.9. The van der Waals surface area contributed by atoms with E-state index in [9.17, 15) is 0 Å². The summed E-state index contributed by atoms with van der Waals surface area (Å²) in [5.74, 6) is 0. The highest BCUT2D eigenvalue weighted by molar-refractivity contribution is 9.10. The molecule has 3 aromatic carbocycles. The maximum absolute atomic E-state index is 3.78. The van der Waals surface area contributed by atoms with Gasteiger partial charge in [0.25, 0.3) is 0 Å². The summed E-state index contributed by atoms with van der Waals surface area (Å²) in [5.41, 5.74) is 6.79. The third-order valence-corrected chi connectivity index (χ3v) is 8.10. The third kappa shape index (κ3) is 7.29. The lowest BCUT2D eigenvalue weighted by Crippen LogP contribution is -1.94. The van der Waals surface area contributed by atoms with E-state index in [-0.39, 0.29) is 0 Å². The number of hydrogen-bond acceptors (Lipinski definition) is 0. The molecular formula is C34H43BrN2. The Labute approximate surface area is 231 Å². The average molecular weight is 560 g/mol. The molecule has 0 unspecified atom stereocenters. The Morgan fingerprint density at radius 3 is 1.70 bits per heavy atom. The first-order valence-corrected chi connectivity index (χ1v) is 15.3. The fraction of sp³-hybridized carbons (Fsp3) is 0.412. The summed E-state index contributed by atoms with van der Waals surface area (Å²) >= 11 is 3.78. The van der Waals surface area contributed by atoms with E-state index in [4.69, 9.17) is 0 Å². The van der Waals surface area contributed by atoms with Crippen molar-refractivity contribution < 1.29 is 0 Å². The summed E-state index contributed by atoms with van der Waals surface area (Å²) in [6, 6.07) is 23.3. The first-order chi connectivity index (χ1) is 18.2. The predicted molar refractivity (Wildman–Crippen MR) is 167 cm³/mol. The van der Waals surface area contributed by atoms with Crippen LogP contribution in [0.15, 0.2) is 71.2 Å². The van der Waals surface area contributed by atoms with Crippen molar-refractivity contribution in [1.82, 2.24) is 9.97 Å². The fourth-order valence-electron chi connectivity index (χ4n) is 5.42. The zero-order valence-electron chi connectivity index (χ0n) is 22.7. The van der Waals surface area contributed by atoms with Gasteiger partial charge in [-0.2, -0.15) is 0 Å². The number of benzene rings is 3. The number of para-hydroxylation sites is 2. The fourth-order valence-corrected chi connectivity index (χ4v) is 6.03. The van der Waals surface area contributed by atoms with Gasteiger partial charge in [-0.25, -0.2) is 0 Å². The molecule has 3 heteroatoms. The second-order valence-corrected chi connectivity index (χ2v) is 11.1. The van der Waals surface area contributed by atoms with Crippen molar-refractivity contribution in [1.29, 1.82) is 0 Å². The summed E-state index contributed by atoms with van der Waals surface area (Å²) < 4.78 is 1.25. The normalized spacial score (nSPS) is 11.3. The van der Waals surface area contributed by atoms with E-state index >= 15 is 0 Å². The van der Waals surface area contributed by atoms with Gasteiger partial charge in [-0.1, -0.05) is 124 Å². The number of aromatic nitrogens is 2. The molecule has 196 valence electrons. The van der Waals surface area contributed by atoms with Crippen LogP contribution >= 0.6 is 15.9 Å². The van der Waals surface area contributed by atoms with Crippen LogP contribution in [0.3, 0.4) is 0 Å².